The highest BCUT2D eigenvalue weighted by atomic mass is 16.1. The van der Waals surface area contributed by atoms with Crippen LogP contribution in [-0.2, 0) is 11.3 Å². The Morgan fingerprint density at radius 1 is 1.07 bits per heavy atom. The van der Waals surface area contributed by atoms with Crippen molar-refractivity contribution in [3.63, 3.8) is 0 Å². The highest BCUT2D eigenvalue weighted by molar-refractivity contribution is 5.92. The highest BCUT2D eigenvalue weighted by Gasteiger charge is 2.11. The molecular weight excluding hydrogens is 374 g/mol. The first-order valence-electron chi connectivity index (χ1n) is 9.62. The Morgan fingerprint density at radius 3 is 2.67 bits per heavy atom. The van der Waals surface area contributed by atoms with Gasteiger partial charge in [-0.2, -0.15) is 5.10 Å². The van der Waals surface area contributed by atoms with E-state index in [-0.39, 0.29) is 5.91 Å². The van der Waals surface area contributed by atoms with Gasteiger partial charge in [0, 0.05) is 42.0 Å². The third kappa shape index (κ3) is 4.50. The number of pyridine rings is 2. The van der Waals surface area contributed by atoms with Crippen molar-refractivity contribution in [1.29, 1.82) is 0 Å². The van der Waals surface area contributed by atoms with Crippen LogP contribution in [-0.4, -0.2) is 25.7 Å². The lowest BCUT2D eigenvalue weighted by molar-refractivity contribution is -0.116. The lowest BCUT2D eigenvalue weighted by atomic mass is 10.1. The normalized spacial score (nSPS) is 11.0. The monoisotopic (exact) mass is 395 g/mol. The predicted molar refractivity (Wildman–Crippen MR) is 117 cm³/mol. The molecule has 0 aliphatic rings. The van der Waals surface area contributed by atoms with E-state index in [1.807, 2.05) is 67.7 Å². The van der Waals surface area contributed by atoms with E-state index in [0.29, 0.717) is 6.54 Å². The van der Waals surface area contributed by atoms with Gasteiger partial charge in [0.1, 0.15) is 5.69 Å². The van der Waals surface area contributed by atoms with Crippen molar-refractivity contribution in [2.75, 3.05) is 0 Å². The van der Waals surface area contributed by atoms with Crippen molar-refractivity contribution in [2.45, 2.75) is 13.5 Å². The number of aromatic nitrogens is 4. The fourth-order valence-corrected chi connectivity index (χ4v) is 3.05. The van der Waals surface area contributed by atoms with E-state index in [0.717, 1.165) is 33.8 Å². The second-order valence-electron chi connectivity index (χ2n) is 6.77. The lowest BCUT2D eigenvalue weighted by Crippen LogP contribution is -2.21. The molecule has 30 heavy (non-hydrogen) atoms. The molecule has 0 saturated carbocycles. The summed E-state index contributed by atoms with van der Waals surface area (Å²) in [4.78, 5) is 20.9. The van der Waals surface area contributed by atoms with Crippen LogP contribution in [0.25, 0.3) is 23.0 Å². The van der Waals surface area contributed by atoms with E-state index in [2.05, 4.69) is 15.3 Å². The molecule has 0 radical (unpaired) electrons. The van der Waals surface area contributed by atoms with Gasteiger partial charge in [0.2, 0.25) is 5.91 Å². The van der Waals surface area contributed by atoms with E-state index >= 15 is 0 Å². The summed E-state index contributed by atoms with van der Waals surface area (Å²) in [6.45, 7) is 2.36. The number of rotatable bonds is 6. The van der Waals surface area contributed by atoms with Gasteiger partial charge in [-0.15, -0.1) is 0 Å². The van der Waals surface area contributed by atoms with Gasteiger partial charge in [0.25, 0.3) is 0 Å². The van der Waals surface area contributed by atoms with Gasteiger partial charge in [-0.3, -0.25) is 14.8 Å². The third-order valence-electron chi connectivity index (χ3n) is 4.66. The molecule has 3 aromatic heterocycles. The minimum atomic E-state index is -0.190. The van der Waals surface area contributed by atoms with Crippen LogP contribution in [0, 0.1) is 6.92 Å². The van der Waals surface area contributed by atoms with Crippen molar-refractivity contribution in [3.05, 3.63) is 102 Å². The number of hydrogen-bond acceptors (Lipinski definition) is 4. The molecule has 6 nitrogen and oxygen atoms in total. The molecule has 0 fully saturated rings. The number of nitrogens with zero attached hydrogens (tertiary/aromatic N) is 4. The number of benzene rings is 1. The molecule has 1 aromatic carbocycles. The fraction of sp³-hybridized carbons (Fsp3) is 0.0833. The Hall–Kier alpha value is -4.06. The Bertz CT molecular complexity index is 1170. The summed E-state index contributed by atoms with van der Waals surface area (Å²) in [6, 6.07) is 17.5. The van der Waals surface area contributed by atoms with Crippen LogP contribution >= 0.6 is 0 Å². The molecule has 0 aliphatic heterocycles. The molecular formula is C24H21N5O. The predicted octanol–water partition coefficient (Wildman–Crippen LogP) is 3.97. The minimum Gasteiger partial charge on any atom is -0.347 e. The molecule has 0 unspecified atom stereocenters. The van der Waals surface area contributed by atoms with Crippen molar-refractivity contribution in [2.24, 2.45) is 0 Å². The molecule has 0 bridgehead atoms. The zero-order valence-corrected chi connectivity index (χ0v) is 16.6. The van der Waals surface area contributed by atoms with Crippen LogP contribution in [0.5, 0.6) is 0 Å². The van der Waals surface area contributed by atoms with E-state index < -0.39 is 0 Å². The van der Waals surface area contributed by atoms with E-state index in [4.69, 9.17) is 5.10 Å². The highest BCUT2D eigenvalue weighted by Crippen LogP contribution is 2.24. The van der Waals surface area contributed by atoms with Gasteiger partial charge >= 0.3 is 0 Å². The van der Waals surface area contributed by atoms with Crippen molar-refractivity contribution in [1.82, 2.24) is 25.1 Å². The standard InChI is InChI=1S/C24H21N5O/c1-18-7-5-14-26-22(18)16-27-23(30)12-11-20-17-29(21-9-3-2-4-10-21)28-24(20)19-8-6-13-25-15-19/h2-15,17H,16H2,1H3,(H,27,30). The second kappa shape index (κ2) is 8.96. The molecule has 148 valence electrons. The number of carbonyl (C=O) groups excluding carboxylic acids is 1. The Balaban J connectivity index is 1.57. The zero-order chi connectivity index (χ0) is 20.8. The number of nitrogens with one attached hydrogen (secondary N) is 1. The summed E-state index contributed by atoms with van der Waals surface area (Å²) >= 11 is 0. The van der Waals surface area contributed by atoms with E-state index in [1.165, 1.54) is 6.08 Å². The van der Waals surface area contributed by atoms with Crippen LogP contribution in [0.3, 0.4) is 0 Å². The smallest absolute Gasteiger partial charge is 0.244 e. The number of para-hydroxylation sites is 1. The molecule has 1 amide bonds. The average Bonchev–Trinajstić information content (AvgIpc) is 3.23. The maximum atomic E-state index is 12.4. The summed E-state index contributed by atoms with van der Waals surface area (Å²) in [5, 5.41) is 7.60. The maximum absolute atomic E-state index is 12.4. The van der Waals surface area contributed by atoms with Gasteiger partial charge in [0.15, 0.2) is 0 Å². The number of carbonyl (C=O) groups is 1. The van der Waals surface area contributed by atoms with Gasteiger partial charge in [0.05, 0.1) is 17.9 Å². The molecule has 0 saturated heterocycles. The lowest BCUT2D eigenvalue weighted by Gasteiger charge is -2.04. The SMILES string of the molecule is Cc1cccnc1CNC(=O)C=Cc1cn(-c2ccccc2)nc1-c1cccnc1. The van der Waals surface area contributed by atoms with Crippen molar-refractivity contribution >= 4 is 12.0 Å². The summed E-state index contributed by atoms with van der Waals surface area (Å²) in [7, 11) is 0. The summed E-state index contributed by atoms with van der Waals surface area (Å²) < 4.78 is 1.80. The number of hydrogen-bond donors (Lipinski definition) is 1. The average molecular weight is 395 g/mol. The Kier molecular flexibility index (Phi) is 5.75. The van der Waals surface area contributed by atoms with Gasteiger partial charge in [-0.05, 0) is 48.9 Å². The molecule has 0 spiro atoms. The second-order valence-corrected chi connectivity index (χ2v) is 6.77. The molecule has 3 heterocycles. The van der Waals surface area contributed by atoms with Crippen LogP contribution in [0.15, 0.2) is 85.5 Å². The van der Waals surface area contributed by atoms with E-state index in [9.17, 15) is 4.79 Å². The molecule has 0 atom stereocenters. The molecule has 4 aromatic rings. The van der Waals surface area contributed by atoms with E-state index in [1.54, 1.807) is 29.3 Å². The van der Waals surface area contributed by atoms with Gasteiger partial charge < -0.3 is 5.32 Å². The van der Waals surface area contributed by atoms with Crippen LogP contribution in [0.1, 0.15) is 16.8 Å². The van der Waals surface area contributed by atoms with Gasteiger partial charge in [-0.1, -0.05) is 24.3 Å². The zero-order valence-electron chi connectivity index (χ0n) is 16.6. The number of aryl methyl sites for hydroxylation is 1. The molecule has 1 N–H and O–H groups in total. The summed E-state index contributed by atoms with van der Waals surface area (Å²) in [5.74, 6) is -0.190. The topological polar surface area (TPSA) is 72.7 Å². The minimum absolute atomic E-state index is 0.190. The maximum Gasteiger partial charge on any atom is 0.244 e. The first-order valence-corrected chi connectivity index (χ1v) is 9.62. The van der Waals surface area contributed by atoms with Crippen LogP contribution in [0.4, 0.5) is 0 Å². The first kappa shape index (κ1) is 19.3. The quantitative estimate of drug-likeness (QED) is 0.502. The third-order valence-corrected chi connectivity index (χ3v) is 4.66. The summed E-state index contributed by atoms with van der Waals surface area (Å²) in [6.07, 6.45) is 10.4. The fourth-order valence-electron chi connectivity index (χ4n) is 3.05. The largest absolute Gasteiger partial charge is 0.347 e. The number of amides is 1. The van der Waals surface area contributed by atoms with Crippen molar-refractivity contribution < 1.29 is 4.79 Å². The Morgan fingerprint density at radius 2 is 1.90 bits per heavy atom. The Labute approximate surface area is 174 Å². The molecule has 0 aliphatic carbocycles. The summed E-state index contributed by atoms with van der Waals surface area (Å²) in [5.41, 5.74) is 5.32. The van der Waals surface area contributed by atoms with Crippen LogP contribution < -0.4 is 5.32 Å². The van der Waals surface area contributed by atoms with Crippen molar-refractivity contribution in [3.8, 4) is 16.9 Å². The molecule has 6 heteroatoms. The van der Waals surface area contributed by atoms with Crippen LogP contribution in [0.2, 0.25) is 0 Å². The first-order chi connectivity index (χ1) is 14.7. The van der Waals surface area contributed by atoms with Gasteiger partial charge in [-0.25, -0.2) is 4.68 Å². The molecule has 4 rings (SSSR count).